The zero-order chi connectivity index (χ0) is 37.1. The molecule has 1 aliphatic heterocycles. The molecule has 0 fully saturated rings. The average molecular weight is 716 g/mol. The molecule has 0 amide bonds. The van der Waals surface area contributed by atoms with Crippen molar-refractivity contribution in [3.8, 4) is 23.0 Å². The van der Waals surface area contributed by atoms with Gasteiger partial charge in [-0.15, -0.1) is 11.4 Å². The molecule has 0 N–H and O–H groups in total. The van der Waals surface area contributed by atoms with E-state index in [0.717, 1.165) is 31.5 Å². The number of benzene rings is 4. The number of hydrogen-bond acceptors (Lipinski definition) is 1. The van der Waals surface area contributed by atoms with Crippen LogP contribution in [0.25, 0.3) is 34.4 Å². The zero-order valence-corrected chi connectivity index (χ0v) is 32.8. The van der Waals surface area contributed by atoms with Crippen LogP contribution in [0.1, 0.15) is 101 Å². The number of allylic oxidation sites excluding steroid dienone is 6. The van der Waals surface area contributed by atoms with E-state index in [1.807, 2.05) is 0 Å². The Labute approximate surface area is 330 Å². The summed E-state index contributed by atoms with van der Waals surface area (Å²) in [4.78, 5) is 2.69. The molecule has 0 spiro atoms. The topological polar surface area (TPSA) is 3.24 Å². The van der Waals surface area contributed by atoms with Crippen LogP contribution in [0.15, 0.2) is 132 Å². The van der Waals surface area contributed by atoms with E-state index in [0.29, 0.717) is 11.8 Å². The van der Waals surface area contributed by atoms with E-state index in [-0.39, 0.29) is 12.1 Å². The minimum absolute atomic E-state index is 0.274. The van der Waals surface area contributed by atoms with Crippen molar-refractivity contribution in [1.29, 1.82) is 0 Å². The monoisotopic (exact) mass is 715 g/mol. The van der Waals surface area contributed by atoms with Gasteiger partial charge in [-0.1, -0.05) is 141 Å². The lowest BCUT2D eigenvalue weighted by atomic mass is 9.58. The van der Waals surface area contributed by atoms with Crippen LogP contribution in [-0.2, 0) is 0 Å². The number of hydrogen-bond donors (Lipinski definition) is 0. The fraction of sp³-hybridized carbons (Fsp3) is 0.321. The highest BCUT2D eigenvalue weighted by molar-refractivity contribution is 6.49. The second-order valence-electron chi connectivity index (χ2n) is 16.6. The molecular formula is C53H54BN. The van der Waals surface area contributed by atoms with Gasteiger partial charge in [-0.2, -0.15) is 0 Å². The van der Waals surface area contributed by atoms with Crippen LogP contribution in [0.3, 0.4) is 0 Å². The molecule has 0 aromatic heterocycles. The van der Waals surface area contributed by atoms with Crippen molar-refractivity contribution >= 4 is 36.3 Å². The summed E-state index contributed by atoms with van der Waals surface area (Å²) in [5.41, 5.74) is 14.2. The maximum absolute atomic E-state index is 3.66. The Kier molecular flexibility index (Phi) is 10.4. The second kappa shape index (κ2) is 16.0. The minimum Gasteiger partial charge on any atom is -0.358 e. The van der Waals surface area contributed by atoms with Gasteiger partial charge in [0.15, 0.2) is 7.28 Å². The zero-order valence-electron chi connectivity index (χ0n) is 32.8. The van der Waals surface area contributed by atoms with E-state index >= 15 is 0 Å². The third kappa shape index (κ3) is 7.52. The second-order valence-corrected chi connectivity index (χ2v) is 16.6. The lowest BCUT2D eigenvalue weighted by molar-refractivity contribution is 0.601. The van der Waals surface area contributed by atoms with Gasteiger partial charge in [-0.25, -0.2) is 0 Å². The summed E-state index contributed by atoms with van der Waals surface area (Å²) < 4.78 is 0. The van der Waals surface area contributed by atoms with E-state index < -0.39 is 0 Å². The minimum atomic E-state index is 0.274. The normalized spacial score (nSPS) is 23.1. The predicted octanol–water partition coefficient (Wildman–Crippen LogP) is 11.4. The van der Waals surface area contributed by atoms with Crippen molar-refractivity contribution in [3.63, 3.8) is 0 Å². The Balaban J connectivity index is 0.986. The smallest absolute Gasteiger partial charge is 0.157 e. The molecule has 0 saturated carbocycles. The predicted molar refractivity (Wildman–Crippen MR) is 238 cm³/mol. The SMILES string of the molecule is CCC1=C(C[C@H](C)c2ccc3c(c2)=CC[C@@H](N(c2ccc(C4=CCCCC4)cc2)[C@H]2C=CC(c4cccc(-c5ccccc5)c4)=CC2)C=3)[C@@H]2C#CCCC2B1. The van der Waals surface area contributed by atoms with E-state index in [2.05, 4.69) is 164 Å². The van der Waals surface area contributed by atoms with Gasteiger partial charge in [0.2, 0.25) is 0 Å². The standard InChI is InChI=1S/C53H54BN/c1-3-52-51(50-19-10-11-20-53(50)54-52)33-37(2)42-21-22-46-36-49(32-27-45(46)34-42)55(47-28-23-40(24-29-47)38-13-6-4-7-14-38)48-30-25-41(26-31-48)44-18-12-17-43(35-44)39-15-8-5-9-16-39/h5,8-9,12-13,15-18,21-30,34-37,48-50,53-54H,3-4,6-7,11,14,20,31-33H2,1-2H3/t37-,48-,49+,50-,53?/m0/s1. The molecule has 9 rings (SSSR count). The van der Waals surface area contributed by atoms with Crippen molar-refractivity contribution in [3.05, 3.63) is 160 Å². The van der Waals surface area contributed by atoms with Gasteiger partial charge < -0.3 is 4.90 Å². The van der Waals surface area contributed by atoms with E-state index in [1.165, 1.54) is 101 Å². The largest absolute Gasteiger partial charge is 0.358 e. The highest BCUT2D eigenvalue weighted by Crippen LogP contribution is 2.45. The number of fused-ring (bicyclic) bond motifs is 2. The van der Waals surface area contributed by atoms with Gasteiger partial charge in [0.05, 0.1) is 12.1 Å². The summed E-state index contributed by atoms with van der Waals surface area (Å²) in [7, 11) is 1.28. The maximum Gasteiger partial charge on any atom is 0.157 e. The third-order valence-corrected chi connectivity index (χ3v) is 13.2. The molecule has 0 bridgehead atoms. The third-order valence-electron chi connectivity index (χ3n) is 13.2. The molecule has 4 aliphatic carbocycles. The van der Waals surface area contributed by atoms with E-state index in [1.54, 1.807) is 11.0 Å². The first-order valence-electron chi connectivity index (χ1n) is 21.2. The lowest BCUT2D eigenvalue weighted by Gasteiger charge is -2.39. The fourth-order valence-corrected chi connectivity index (χ4v) is 10.1. The molecular weight excluding hydrogens is 661 g/mol. The molecule has 4 aromatic carbocycles. The summed E-state index contributed by atoms with van der Waals surface area (Å²) in [6.07, 6.45) is 26.5. The van der Waals surface area contributed by atoms with E-state index in [9.17, 15) is 0 Å². The maximum atomic E-state index is 3.66. The van der Waals surface area contributed by atoms with Crippen LogP contribution >= 0.6 is 0 Å². The van der Waals surface area contributed by atoms with Crippen LogP contribution < -0.4 is 15.3 Å². The first-order valence-corrected chi connectivity index (χ1v) is 21.2. The summed E-state index contributed by atoms with van der Waals surface area (Å²) in [6.45, 7) is 4.78. The molecule has 55 heavy (non-hydrogen) atoms. The number of rotatable bonds is 10. The molecule has 0 radical (unpaired) electrons. The van der Waals surface area contributed by atoms with Crippen LogP contribution in [0.5, 0.6) is 0 Å². The van der Waals surface area contributed by atoms with Crippen molar-refractivity contribution in [2.45, 2.75) is 102 Å². The summed E-state index contributed by atoms with van der Waals surface area (Å²) in [6, 6.07) is 37.1. The first kappa shape index (κ1) is 35.7. The van der Waals surface area contributed by atoms with Gasteiger partial charge >= 0.3 is 0 Å². The molecule has 1 heterocycles. The molecule has 1 unspecified atom stereocenters. The molecule has 4 aromatic rings. The summed E-state index contributed by atoms with van der Waals surface area (Å²) >= 11 is 0. The van der Waals surface area contributed by atoms with Crippen molar-refractivity contribution in [1.82, 2.24) is 0 Å². The van der Waals surface area contributed by atoms with Crippen LogP contribution in [0, 0.1) is 17.8 Å². The molecule has 5 atom stereocenters. The Bertz CT molecular complexity index is 2360. The Morgan fingerprint density at radius 2 is 1.62 bits per heavy atom. The van der Waals surface area contributed by atoms with Crippen molar-refractivity contribution < 1.29 is 0 Å². The van der Waals surface area contributed by atoms with Crippen LogP contribution in [0.4, 0.5) is 5.69 Å². The highest BCUT2D eigenvalue weighted by Gasteiger charge is 2.35. The summed E-state index contributed by atoms with van der Waals surface area (Å²) in [5, 5.41) is 2.76. The number of nitrogens with zero attached hydrogens (tertiary/aromatic N) is 1. The molecule has 1 nitrogen and oxygen atoms in total. The molecule has 274 valence electrons. The van der Waals surface area contributed by atoms with E-state index in [4.69, 9.17) is 0 Å². The molecule has 0 saturated heterocycles. The average Bonchev–Trinajstić information content (AvgIpc) is 3.61. The van der Waals surface area contributed by atoms with Gasteiger partial charge in [0, 0.05) is 18.0 Å². The van der Waals surface area contributed by atoms with Gasteiger partial charge in [-0.3, -0.25) is 0 Å². The van der Waals surface area contributed by atoms with Crippen LogP contribution in [-0.4, -0.2) is 19.4 Å². The Morgan fingerprint density at radius 3 is 2.42 bits per heavy atom. The Hall–Kier alpha value is -5.00. The quantitative estimate of drug-likeness (QED) is 0.117. The number of anilines is 1. The van der Waals surface area contributed by atoms with Crippen LogP contribution in [0.2, 0.25) is 5.82 Å². The summed E-state index contributed by atoms with van der Waals surface area (Å²) in [5.74, 6) is 8.88. The highest BCUT2D eigenvalue weighted by atomic mass is 15.2. The van der Waals surface area contributed by atoms with Gasteiger partial charge in [0.25, 0.3) is 0 Å². The van der Waals surface area contributed by atoms with Crippen molar-refractivity contribution in [2.75, 3.05) is 4.90 Å². The Morgan fingerprint density at radius 1 is 0.782 bits per heavy atom. The lowest BCUT2D eigenvalue weighted by Crippen LogP contribution is -2.45. The fourth-order valence-electron chi connectivity index (χ4n) is 10.1. The van der Waals surface area contributed by atoms with Gasteiger partial charge in [-0.05, 0) is 137 Å². The molecule has 5 aliphatic rings. The molecule has 2 heteroatoms. The van der Waals surface area contributed by atoms with Gasteiger partial charge in [0.1, 0.15) is 0 Å². The first-order chi connectivity index (χ1) is 27.1. The van der Waals surface area contributed by atoms with Crippen molar-refractivity contribution in [2.24, 2.45) is 5.92 Å².